The third-order valence-corrected chi connectivity index (χ3v) is 3.38. The van der Waals surface area contributed by atoms with E-state index in [1.54, 1.807) is 11.8 Å². The molecule has 3 heterocycles. The Morgan fingerprint density at radius 2 is 2.29 bits per heavy atom. The number of aliphatic imine (C=N–C) groups is 2. The number of Topliss-reactive ketones (excluding diaryl/α,β-unsaturated/α-hetero) is 1. The van der Waals surface area contributed by atoms with E-state index in [4.69, 9.17) is 0 Å². The molecule has 6 heteroatoms. The van der Waals surface area contributed by atoms with Crippen molar-refractivity contribution in [1.29, 1.82) is 0 Å². The zero-order valence-electron chi connectivity index (χ0n) is 6.93. The molecule has 0 radical (unpaired) electrons. The number of rotatable bonds is 0. The summed E-state index contributed by atoms with van der Waals surface area (Å²) in [7, 11) is 0. The lowest BCUT2D eigenvalue weighted by molar-refractivity contribution is -0.134. The molecule has 0 saturated heterocycles. The van der Waals surface area contributed by atoms with E-state index in [0.29, 0.717) is 11.4 Å². The minimum Gasteiger partial charge on any atom is -0.303 e. The number of fused-ring (bicyclic) bond motifs is 2. The van der Waals surface area contributed by atoms with Gasteiger partial charge in [-0.05, 0) is 0 Å². The van der Waals surface area contributed by atoms with Crippen LogP contribution >= 0.6 is 11.8 Å². The predicted octanol–water partition coefficient (Wildman–Crippen LogP) is -0.506. The van der Waals surface area contributed by atoms with Crippen LogP contribution in [0.15, 0.2) is 21.4 Å². The molecule has 0 saturated carbocycles. The molecule has 3 aliphatic heterocycles. The highest BCUT2D eigenvalue weighted by atomic mass is 32.2. The van der Waals surface area contributed by atoms with Crippen molar-refractivity contribution in [2.45, 2.75) is 11.3 Å². The summed E-state index contributed by atoms with van der Waals surface area (Å²) in [4.78, 5) is 30.7. The Balaban J connectivity index is 2.08. The highest BCUT2D eigenvalue weighted by molar-refractivity contribution is 8.13. The van der Waals surface area contributed by atoms with Crippen LogP contribution in [0.3, 0.4) is 0 Å². The fourth-order valence-electron chi connectivity index (χ4n) is 1.66. The van der Waals surface area contributed by atoms with Crippen LogP contribution in [0.1, 0.15) is 0 Å². The minimum atomic E-state index is -0.583. The molecule has 2 unspecified atom stereocenters. The molecule has 0 aromatic carbocycles. The maximum Gasteiger partial charge on any atom is 0.297 e. The number of nitrogens with one attached hydrogen (secondary N) is 1. The van der Waals surface area contributed by atoms with Crippen molar-refractivity contribution >= 4 is 35.2 Å². The van der Waals surface area contributed by atoms with Crippen LogP contribution in [-0.2, 0) is 9.59 Å². The van der Waals surface area contributed by atoms with Gasteiger partial charge >= 0.3 is 0 Å². The Labute approximate surface area is 83.4 Å². The summed E-state index contributed by atoms with van der Waals surface area (Å²) < 4.78 is 0. The average molecular weight is 207 g/mol. The Morgan fingerprint density at radius 1 is 1.43 bits per heavy atom. The van der Waals surface area contributed by atoms with E-state index in [1.165, 1.54) is 11.8 Å². The monoisotopic (exact) mass is 207 g/mol. The highest BCUT2D eigenvalue weighted by Gasteiger charge is 2.42. The van der Waals surface area contributed by atoms with Gasteiger partial charge in [-0.15, -0.1) is 11.8 Å². The summed E-state index contributed by atoms with van der Waals surface area (Å²) in [6.45, 7) is 0. The smallest absolute Gasteiger partial charge is 0.297 e. The van der Waals surface area contributed by atoms with Gasteiger partial charge in [0.1, 0.15) is 11.9 Å². The number of nitrogens with zero attached hydrogens (tertiary/aromatic N) is 2. The second-order valence-corrected chi connectivity index (χ2v) is 4.12. The van der Waals surface area contributed by atoms with Gasteiger partial charge in [-0.25, -0.2) is 4.99 Å². The molecule has 70 valence electrons. The molecule has 1 amide bonds. The summed E-state index contributed by atoms with van der Waals surface area (Å²) in [5, 5.41) is 2.38. The molecule has 5 nitrogen and oxygen atoms in total. The third-order valence-electron chi connectivity index (χ3n) is 2.33. The fraction of sp³-hybridized carbons (Fsp3) is 0.250. The zero-order chi connectivity index (χ0) is 9.71. The van der Waals surface area contributed by atoms with Gasteiger partial charge in [0, 0.05) is 6.21 Å². The lowest BCUT2D eigenvalue weighted by Gasteiger charge is -2.17. The van der Waals surface area contributed by atoms with Crippen LogP contribution in [0.5, 0.6) is 0 Å². The molecule has 0 spiro atoms. The van der Waals surface area contributed by atoms with Gasteiger partial charge in [-0.3, -0.25) is 14.6 Å². The molecule has 2 atom stereocenters. The van der Waals surface area contributed by atoms with Gasteiger partial charge in [0.25, 0.3) is 11.7 Å². The van der Waals surface area contributed by atoms with Gasteiger partial charge in [0.15, 0.2) is 0 Å². The van der Waals surface area contributed by atoms with Crippen molar-refractivity contribution < 1.29 is 9.59 Å². The molecule has 3 rings (SSSR count). The van der Waals surface area contributed by atoms with Crippen molar-refractivity contribution in [1.82, 2.24) is 5.32 Å². The summed E-state index contributed by atoms with van der Waals surface area (Å²) in [5.74, 6) is -0.649. The number of thioether (sulfide) groups is 1. The van der Waals surface area contributed by atoms with E-state index in [2.05, 4.69) is 15.3 Å². The van der Waals surface area contributed by atoms with Crippen molar-refractivity contribution in [3.8, 4) is 0 Å². The Hall–Kier alpha value is -1.43. The number of ketones is 1. The normalized spacial score (nSPS) is 33.4. The standard InChI is InChI=1S/C8H5N3O2S/c12-5-4-6-3(10-2-14-6)1-9-7(4)11-8(5)13/h1-3,6H,(H,11,12,13). The second kappa shape index (κ2) is 2.54. The quantitative estimate of drug-likeness (QED) is 0.544. The van der Waals surface area contributed by atoms with Crippen molar-refractivity contribution in [2.24, 2.45) is 9.98 Å². The lowest BCUT2D eigenvalue weighted by atomic mass is 10.0. The van der Waals surface area contributed by atoms with E-state index in [-0.39, 0.29) is 11.3 Å². The average Bonchev–Trinajstić information content (AvgIpc) is 2.72. The number of carbonyl (C=O) groups excluding carboxylic acids is 2. The maximum absolute atomic E-state index is 11.5. The van der Waals surface area contributed by atoms with Crippen LogP contribution in [-0.4, -0.2) is 34.7 Å². The molecule has 0 aromatic rings. The number of hydrogen-bond acceptors (Lipinski definition) is 5. The number of hydrogen-bond donors (Lipinski definition) is 1. The van der Waals surface area contributed by atoms with E-state index in [9.17, 15) is 9.59 Å². The summed E-state index contributed by atoms with van der Waals surface area (Å²) >= 11 is 1.45. The highest BCUT2D eigenvalue weighted by Crippen LogP contribution is 2.34. The SMILES string of the molecule is O=C1NC2=C(C1=O)C1SC=NC1C=N2. The van der Waals surface area contributed by atoms with Crippen LogP contribution in [0.2, 0.25) is 0 Å². The minimum absolute atomic E-state index is 0.0612. The maximum atomic E-state index is 11.5. The Morgan fingerprint density at radius 3 is 3.14 bits per heavy atom. The molecule has 3 aliphatic rings. The van der Waals surface area contributed by atoms with Crippen molar-refractivity contribution in [3.05, 3.63) is 11.4 Å². The van der Waals surface area contributed by atoms with Gasteiger partial charge in [-0.1, -0.05) is 0 Å². The third kappa shape index (κ3) is 0.859. The zero-order valence-corrected chi connectivity index (χ0v) is 7.75. The van der Waals surface area contributed by atoms with Gasteiger partial charge in [0.05, 0.1) is 16.4 Å². The van der Waals surface area contributed by atoms with Crippen LogP contribution in [0.25, 0.3) is 0 Å². The van der Waals surface area contributed by atoms with E-state index in [0.717, 1.165) is 0 Å². The largest absolute Gasteiger partial charge is 0.303 e. The summed E-state index contributed by atoms with van der Waals surface area (Å²) in [5.41, 5.74) is 2.18. The molecular formula is C8H5N3O2S. The van der Waals surface area contributed by atoms with Gasteiger partial charge in [-0.2, -0.15) is 0 Å². The van der Waals surface area contributed by atoms with E-state index >= 15 is 0 Å². The second-order valence-electron chi connectivity index (χ2n) is 3.13. The molecule has 1 N–H and O–H groups in total. The first-order valence-corrected chi connectivity index (χ1v) is 5.03. The first-order chi connectivity index (χ1) is 6.77. The topological polar surface area (TPSA) is 70.9 Å². The van der Waals surface area contributed by atoms with Gasteiger partial charge in [0.2, 0.25) is 0 Å². The van der Waals surface area contributed by atoms with Gasteiger partial charge < -0.3 is 5.32 Å². The van der Waals surface area contributed by atoms with Crippen LogP contribution in [0.4, 0.5) is 0 Å². The molecule has 0 bridgehead atoms. The van der Waals surface area contributed by atoms with Crippen LogP contribution < -0.4 is 5.32 Å². The predicted molar refractivity (Wildman–Crippen MR) is 52.3 cm³/mol. The molecule has 14 heavy (non-hydrogen) atoms. The Bertz CT molecular complexity index is 438. The molecule has 0 aliphatic carbocycles. The van der Waals surface area contributed by atoms with E-state index < -0.39 is 11.7 Å². The molecular weight excluding hydrogens is 202 g/mol. The van der Waals surface area contributed by atoms with Crippen molar-refractivity contribution in [3.63, 3.8) is 0 Å². The summed E-state index contributed by atoms with van der Waals surface area (Å²) in [6, 6.07) is -0.0876. The first kappa shape index (κ1) is 7.93. The fourth-order valence-corrected chi connectivity index (χ4v) is 2.66. The molecule has 0 fully saturated rings. The number of carbonyl (C=O) groups is 2. The van der Waals surface area contributed by atoms with E-state index in [1.807, 2.05) is 0 Å². The van der Waals surface area contributed by atoms with Crippen LogP contribution in [0, 0.1) is 0 Å². The lowest BCUT2D eigenvalue weighted by Crippen LogP contribution is -2.28. The Kier molecular flexibility index (Phi) is 1.44. The molecule has 0 aromatic heterocycles. The first-order valence-electron chi connectivity index (χ1n) is 4.08. The summed E-state index contributed by atoms with van der Waals surface area (Å²) in [6.07, 6.45) is 1.67. The number of amides is 1. The van der Waals surface area contributed by atoms with Crippen molar-refractivity contribution in [2.75, 3.05) is 0 Å².